The zero-order valence-corrected chi connectivity index (χ0v) is 13.5. The van der Waals surface area contributed by atoms with E-state index in [2.05, 4.69) is 10.1 Å². The van der Waals surface area contributed by atoms with E-state index in [1.165, 1.54) is 13.2 Å². The fourth-order valence-corrected chi connectivity index (χ4v) is 2.35. The van der Waals surface area contributed by atoms with E-state index in [1.807, 2.05) is 30.3 Å². The van der Waals surface area contributed by atoms with Crippen molar-refractivity contribution in [1.29, 1.82) is 0 Å². The summed E-state index contributed by atoms with van der Waals surface area (Å²) in [7, 11) is 3.05. The molecule has 0 radical (unpaired) electrons. The van der Waals surface area contributed by atoms with Gasteiger partial charge in [-0.3, -0.25) is 0 Å². The van der Waals surface area contributed by atoms with Crippen molar-refractivity contribution in [3.05, 3.63) is 59.7 Å². The topological polar surface area (TPSA) is 57.4 Å². The zero-order valence-electron chi connectivity index (χ0n) is 13.5. The van der Waals surface area contributed by atoms with Crippen molar-refractivity contribution in [2.24, 2.45) is 0 Å². The van der Waals surface area contributed by atoms with E-state index in [4.69, 9.17) is 14.0 Å². The monoisotopic (exact) mass is 328 g/mol. The highest BCUT2D eigenvalue weighted by Gasteiger charge is 2.10. The molecule has 0 N–H and O–H groups in total. The minimum atomic E-state index is -0.377. The molecule has 1 heterocycles. The maximum absolute atomic E-state index is 13.7. The van der Waals surface area contributed by atoms with Crippen LogP contribution < -0.4 is 9.47 Å². The Morgan fingerprint density at radius 1 is 1.04 bits per heavy atom. The number of nitrogens with zero attached hydrogens (tertiary/aromatic N) is 2. The average Bonchev–Trinajstić information content (AvgIpc) is 3.09. The normalized spacial score (nSPS) is 10.6. The second kappa shape index (κ2) is 7.12. The molecule has 0 amide bonds. The molecule has 0 aliphatic heterocycles. The van der Waals surface area contributed by atoms with Gasteiger partial charge in [0.15, 0.2) is 11.6 Å². The standard InChI is InChI=1S/C18H17FN2O3/c1-22-14-5-3-4-13(11-14)18-20-17(24-21-18)9-7-12-6-8-16(23-2)15(19)10-12/h3-6,8,10-11H,7,9H2,1-2H3. The SMILES string of the molecule is COc1cccc(-c2noc(CCc3ccc(OC)c(F)c3)n2)c1. The minimum absolute atomic E-state index is 0.233. The first-order valence-corrected chi connectivity index (χ1v) is 7.49. The van der Waals surface area contributed by atoms with Gasteiger partial charge in [-0.1, -0.05) is 23.4 Å². The molecule has 2 aromatic carbocycles. The van der Waals surface area contributed by atoms with Crippen molar-refractivity contribution in [2.75, 3.05) is 14.2 Å². The number of aryl methyl sites for hydroxylation is 2. The molecule has 0 spiro atoms. The van der Waals surface area contributed by atoms with Crippen molar-refractivity contribution in [2.45, 2.75) is 12.8 Å². The van der Waals surface area contributed by atoms with Crippen LogP contribution in [0.3, 0.4) is 0 Å². The van der Waals surface area contributed by atoms with E-state index in [1.54, 1.807) is 13.2 Å². The highest BCUT2D eigenvalue weighted by atomic mass is 19.1. The molecule has 6 heteroatoms. The Balaban J connectivity index is 1.69. The Kier molecular flexibility index (Phi) is 4.74. The molecule has 0 unspecified atom stereocenters. The van der Waals surface area contributed by atoms with Crippen LogP contribution >= 0.6 is 0 Å². The Labute approximate surface area is 139 Å². The van der Waals surface area contributed by atoms with Crippen LogP contribution in [0.1, 0.15) is 11.5 Å². The maximum atomic E-state index is 13.7. The van der Waals surface area contributed by atoms with Crippen LogP contribution in [0, 0.1) is 5.82 Å². The Morgan fingerprint density at radius 2 is 1.92 bits per heavy atom. The van der Waals surface area contributed by atoms with Gasteiger partial charge in [-0.05, 0) is 36.2 Å². The van der Waals surface area contributed by atoms with Gasteiger partial charge >= 0.3 is 0 Å². The van der Waals surface area contributed by atoms with Crippen LogP contribution in [0.5, 0.6) is 11.5 Å². The highest BCUT2D eigenvalue weighted by molar-refractivity contribution is 5.56. The number of hydrogen-bond donors (Lipinski definition) is 0. The lowest BCUT2D eigenvalue weighted by Crippen LogP contribution is -1.94. The summed E-state index contributed by atoms with van der Waals surface area (Å²) >= 11 is 0. The van der Waals surface area contributed by atoms with Gasteiger partial charge in [-0.25, -0.2) is 4.39 Å². The summed E-state index contributed by atoms with van der Waals surface area (Å²) in [6.45, 7) is 0. The molecule has 0 saturated carbocycles. The Bertz CT molecular complexity index is 833. The average molecular weight is 328 g/mol. The van der Waals surface area contributed by atoms with Crippen LogP contribution in [0.15, 0.2) is 47.0 Å². The van der Waals surface area contributed by atoms with Crippen LogP contribution in [0.25, 0.3) is 11.4 Å². The lowest BCUT2D eigenvalue weighted by Gasteiger charge is -2.03. The predicted molar refractivity (Wildman–Crippen MR) is 86.6 cm³/mol. The summed E-state index contributed by atoms with van der Waals surface area (Å²) in [6.07, 6.45) is 1.13. The third kappa shape index (κ3) is 3.53. The van der Waals surface area contributed by atoms with E-state index in [0.29, 0.717) is 24.6 Å². The molecule has 3 rings (SSSR count). The zero-order chi connectivity index (χ0) is 16.9. The van der Waals surface area contributed by atoms with E-state index in [0.717, 1.165) is 16.9 Å². The molecule has 0 aliphatic carbocycles. The Morgan fingerprint density at radius 3 is 2.67 bits per heavy atom. The number of halogens is 1. The molecule has 0 atom stereocenters. The molecule has 3 aromatic rings. The fraction of sp³-hybridized carbons (Fsp3) is 0.222. The van der Waals surface area contributed by atoms with E-state index in [-0.39, 0.29) is 11.6 Å². The molecular formula is C18H17FN2O3. The van der Waals surface area contributed by atoms with Gasteiger partial charge in [0.1, 0.15) is 5.75 Å². The number of hydrogen-bond acceptors (Lipinski definition) is 5. The lowest BCUT2D eigenvalue weighted by molar-refractivity contribution is 0.378. The number of aromatic nitrogens is 2. The number of benzene rings is 2. The molecular weight excluding hydrogens is 311 g/mol. The van der Waals surface area contributed by atoms with Crippen molar-refractivity contribution in [3.63, 3.8) is 0 Å². The van der Waals surface area contributed by atoms with Gasteiger partial charge in [-0.15, -0.1) is 0 Å². The van der Waals surface area contributed by atoms with Gasteiger partial charge in [-0.2, -0.15) is 4.98 Å². The summed E-state index contributed by atoms with van der Waals surface area (Å²) in [5, 5.41) is 3.98. The Hall–Kier alpha value is -2.89. The number of methoxy groups -OCH3 is 2. The predicted octanol–water partition coefficient (Wildman–Crippen LogP) is 3.68. The molecule has 5 nitrogen and oxygen atoms in total. The second-order valence-corrected chi connectivity index (χ2v) is 5.21. The van der Waals surface area contributed by atoms with Crippen molar-refractivity contribution >= 4 is 0 Å². The van der Waals surface area contributed by atoms with Crippen molar-refractivity contribution < 1.29 is 18.4 Å². The van der Waals surface area contributed by atoms with Crippen LogP contribution in [-0.4, -0.2) is 24.4 Å². The molecule has 0 bridgehead atoms. The van der Waals surface area contributed by atoms with Gasteiger partial charge < -0.3 is 14.0 Å². The minimum Gasteiger partial charge on any atom is -0.497 e. The summed E-state index contributed by atoms with van der Waals surface area (Å²) in [5.74, 6) is 1.59. The van der Waals surface area contributed by atoms with Crippen molar-refractivity contribution in [1.82, 2.24) is 10.1 Å². The summed E-state index contributed by atoms with van der Waals surface area (Å²) in [5.41, 5.74) is 1.66. The van der Waals surface area contributed by atoms with Crippen LogP contribution in [0.4, 0.5) is 4.39 Å². The largest absolute Gasteiger partial charge is 0.497 e. The van der Waals surface area contributed by atoms with Crippen LogP contribution in [0.2, 0.25) is 0 Å². The quantitative estimate of drug-likeness (QED) is 0.691. The van der Waals surface area contributed by atoms with E-state index < -0.39 is 0 Å². The number of rotatable bonds is 6. The lowest BCUT2D eigenvalue weighted by atomic mass is 10.1. The van der Waals surface area contributed by atoms with Gasteiger partial charge in [0.05, 0.1) is 14.2 Å². The highest BCUT2D eigenvalue weighted by Crippen LogP contribution is 2.22. The van der Waals surface area contributed by atoms with Crippen LogP contribution in [-0.2, 0) is 12.8 Å². The van der Waals surface area contributed by atoms with Crippen molar-refractivity contribution in [3.8, 4) is 22.9 Å². The fourth-order valence-electron chi connectivity index (χ4n) is 2.35. The number of ether oxygens (including phenoxy) is 2. The van der Waals surface area contributed by atoms with E-state index >= 15 is 0 Å². The van der Waals surface area contributed by atoms with E-state index in [9.17, 15) is 4.39 Å². The summed E-state index contributed by atoms with van der Waals surface area (Å²) in [6, 6.07) is 12.3. The molecule has 124 valence electrons. The summed E-state index contributed by atoms with van der Waals surface area (Å²) < 4.78 is 29.0. The maximum Gasteiger partial charge on any atom is 0.227 e. The molecule has 0 saturated heterocycles. The first-order valence-electron chi connectivity index (χ1n) is 7.49. The molecule has 0 aliphatic rings. The first-order chi connectivity index (χ1) is 11.7. The summed E-state index contributed by atoms with van der Waals surface area (Å²) in [4.78, 5) is 4.38. The molecule has 0 fully saturated rings. The smallest absolute Gasteiger partial charge is 0.227 e. The molecule has 1 aromatic heterocycles. The third-order valence-corrected chi connectivity index (χ3v) is 3.64. The molecule has 24 heavy (non-hydrogen) atoms. The third-order valence-electron chi connectivity index (χ3n) is 3.64. The van der Waals surface area contributed by atoms with Gasteiger partial charge in [0.2, 0.25) is 11.7 Å². The van der Waals surface area contributed by atoms with Gasteiger partial charge in [0, 0.05) is 12.0 Å². The second-order valence-electron chi connectivity index (χ2n) is 5.21. The van der Waals surface area contributed by atoms with Gasteiger partial charge in [0.25, 0.3) is 0 Å². The first kappa shape index (κ1) is 16.0.